The summed E-state index contributed by atoms with van der Waals surface area (Å²) < 4.78 is 5.70. The molecular weight excluding hydrogens is 236 g/mol. The molecule has 2 nitrogen and oxygen atoms in total. The minimum absolute atomic E-state index is 0.705. The second kappa shape index (κ2) is 4.39. The predicted octanol–water partition coefficient (Wildman–Crippen LogP) is 3.19. The lowest BCUT2D eigenvalue weighted by molar-refractivity contribution is 0.0988. The van der Waals surface area contributed by atoms with E-state index >= 15 is 0 Å². The standard InChI is InChI=1S/C17H18O2/c1-12-6-8-14(9-7-12)17(2,18)15-5-3-4-13-10-11-19-16(13)15/h3-9,18H,10-11H2,1-2H3. The van der Waals surface area contributed by atoms with Gasteiger partial charge in [0.2, 0.25) is 0 Å². The molecule has 1 aliphatic rings. The van der Waals surface area contributed by atoms with Crippen LogP contribution in [-0.4, -0.2) is 11.7 Å². The Morgan fingerprint density at radius 2 is 1.84 bits per heavy atom. The molecule has 1 aliphatic heterocycles. The highest BCUT2D eigenvalue weighted by Gasteiger charge is 2.31. The number of hydrogen-bond acceptors (Lipinski definition) is 2. The van der Waals surface area contributed by atoms with Crippen LogP contribution >= 0.6 is 0 Å². The van der Waals surface area contributed by atoms with Crippen molar-refractivity contribution in [3.05, 3.63) is 64.7 Å². The van der Waals surface area contributed by atoms with Crippen LogP contribution in [0.4, 0.5) is 0 Å². The molecule has 0 fully saturated rings. The molecule has 1 atom stereocenters. The molecule has 3 rings (SSSR count). The van der Waals surface area contributed by atoms with Gasteiger partial charge in [0.25, 0.3) is 0 Å². The largest absolute Gasteiger partial charge is 0.493 e. The summed E-state index contributed by atoms with van der Waals surface area (Å²) in [7, 11) is 0. The summed E-state index contributed by atoms with van der Waals surface area (Å²) >= 11 is 0. The number of aliphatic hydroxyl groups is 1. The third kappa shape index (κ3) is 2.02. The number of hydrogen-bond donors (Lipinski definition) is 1. The number of rotatable bonds is 2. The van der Waals surface area contributed by atoms with E-state index in [1.165, 1.54) is 11.1 Å². The highest BCUT2D eigenvalue weighted by Crippen LogP contribution is 2.39. The minimum atomic E-state index is -1.02. The van der Waals surface area contributed by atoms with Crippen molar-refractivity contribution in [3.8, 4) is 5.75 Å². The third-order valence-corrected chi connectivity index (χ3v) is 3.85. The molecule has 1 unspecified atom stereocenters. The number of benzene rings is 2. The quantitative estimate of drug-likeness (QED) is 0.892. The molecule has 2 aromatic carbocycles. The fourth-order valence-electron chi connectivity index (χ4n) is 2.63. The van der Waals surface area contributed by atoms with Crippen molar-refractivity contribution < 1.29 is 9.84 Å². The van der Waals surface area contributed by atoms with E-state index in [0.29, 0.717) is 6.61 Å². The Kier molecular flexibility index (Phi) is 2.83. The first-order valence-corrected chi connectivity index (χ1v) is 6.64. The molecule has 0 amide bonds. The highest BCUT2D eigenvalue weighted by molar-refractivity contribution is 5.50. The van der Waals surface area contributed by atoms with Crippen molar-refractivity contribution in [1.82, 2.24) is 0 Å². The van der Waals surface area contributed by atoms with Crippen LogP contribution in [0.2, 0.25) is 0 Å². The molecule has 0 aliphatic carbocycles. The number of para-hydroxylation sites is 1. The molecule has 0 radical (unpaired) electrons. The monoisotopic (exact) mass is 254 g/mol. The molecule has 0 saturated carbocycles. The summed E-state index contributed by atoms with van der Waals surface area (Å²) in [5.41, 5.74) is 3.09. The fourth-order valence-corrected chi connectivity index (χ4v) is 2.63. The maximum atomic E-state index is 10.9. The Morgan fingerprint density at radius 3 is 2.58 bits per heavy atom. The molecule has 1 heterocycles. The van der Waals surface area contributed by atoms with Crippen LogP contribution in [0.25, 0.3) is 0 Å². The topological polar surface area (TPSA) is 29.5 Å². The van der Waals surface area contributed by atoms with Gasteiger partial charge in [-0.15, -0.1) is 0 Å². The number of aryl methyl sites for hydroxylation is 1. The van der Waals surface area contributed by atoms with Gasteiger partial charge in [-0.25, -0.2) is 0 Å². The number of ether oxygens (including phenoxy) is 1. The summed E-state index contributed by atoms with van der Waals surface area (Å²) in [4.78, 5) is 0. The van der Waals surface area contributed by atoms with Gasteiger partial charge in [-0.05, 0) is 25.0 Å². The van der Waals surface area contributed by atoms with Crippen LogP contribution in [0.1, 0.15) is 29.2 Å². The Bertz CT molecular complexity index is 597. The molecule has 1 N–H and O–H groups in total. The fraction of sp³-hybridized carbons (Fsp3) is 0.294. The molecule has 98 valence electrons. The van der Waals surface area contributed by atoms with Crippen LogP contribution < -0.4 is 4.74 Å². The first-order chi connectivity index (χ1) is 9.09. The van der Waals surface area contributed by atoms with Crippen molar-refractivity contribution in [2.75, 3.05) is 6.61 Å². The van der Waals surface area contributed by atoms with E-state index in [9.17, 15) is 5.11 Å². The average Bonchev–Trinajstić information content (AvgIpc) is 2.87. The molecular formula is C17H18O2. The highest BCUT2D eigenvalue weighted by atomic mass is 16.5. The zero-order chi connectivity index (χ0) is 13.5. The zero-order valence-corrected chi connectivity index (χ0v) is 11.3. The third-order valence-electron chi connectivity index (χ3n) is 3.85. The van der Waals surface area contributed by atoms with Crippen molar-refractivity contribution in [2.24, 2.45) is 0 Å². The second-order valence-electron chi connectivity index (χ2n) is 5.33. The normalized spacial score (nSPS) is 16.6. The molecule has 0 spiro atoms. The first-order valence-electron chi connectivity index (χ1n) is 6.64. The van der Waals surface area contributed by atoms with Gasteiger partial charge in [0.05, 0.1) is 6.61 Å². The molecule has 0 aromatic heterocycles. The van der Waals surface area contributed by atoms with E-state index in [1.807, 2.05) is 50.2 Å². The minimum Gasteiger partial charge on any atom is -0.493 e. The van der Waals surface area contributed by atoms with E-state index in [-0.39, 0.29) is 0 Å². The van der Waals surface area contributed by atoms with Gasteiger partial charge in [-0.3, -0.25) is 0 Å². The SMILES string of the molecule is Cc1ccc(C(C)(O)c2cccc3c2OCC3)cc1. The van der Waals surface area contributed by atoms with Crippen molar-refractivity contribution in [2.45, 2.75) is 25.9 Å². The summed E-state index contributed by atoms with van der Waals surface area (Å²) in [6.07, 6.45) is 0.924. The van der Waals surface area contributed by atoms with Gasteiger partial charge in [-0.1, -0.05) is 48.0 Å². The Morgan fingerprint density at radius 1 is 1.11 bits per heavy atom. The first kappa shape index (κ1) is 12.2. The van der Waals surface area contributed by atoms with Crippen LogP contribution in [0.3, 0.4) is 0 Å². The Labute approximate surface area is 113 Å². The summed E-state index contributed by atoms with van der Waals surface area (Å²) in [5, 5.41) is 10.9. The lowest BCUT2D eigenvalue weighted by Gasteiger charge is -2.26. The van der Waals surface area contributed by atoms with Crippen LogP contribution in [0.15, 0.2) is 42.5 Å². The van der Waals surface area contributed by atoms with Gasteiger partial charge < -0.3 is 9.84 Å². The average molecular weight is 254 g/mol. The smallest absolute Gasteiger partial charge is 0.129 e. The molecule has 0 bridgehead atoms. The van der Waals surface area contributed by atoms with E-state index in [0.717, 1.165) is 23.3 Å². The van der Waals surface area contributed by atoms with Crippen LogP contribution in [0.5, 0.6) is 5.75 Å². The van der Waals surface area contributed by atoms with Gasteiger partial charge >= 0.3 is 0 Å². The van der Waals surface area contributed by atoms with Gasteiger partial charge in [0.1, 0.15) is 11.4 Å². The van der Waals surface area contributed by atoms with E-state index < -0.39 is 5.60 Å². The van der Waals surface area contributed by atoms with Gasteiger partial charge in [0, 0.05) is 12.0 Å². The lowest BCUT2D eigenvalue weighted by Crippen LogP contribution is -2.23. The van der Waals surface area contributed by atoms with Crippen LogP contribution in [0, 0.1) is 6.92 Å². The zero-order valence-electron chi connectivity index (χ0n) is 11.3. The summed E-state index contributed by atoms with van der Waals surface area (Å²) in [6, 6.07) is 14.0. The van der Waals surface area contributed by atoms with Crippen molar-refractivity contribution in [3.63, 3.8) is 0 Å². The Hall–Kier alpha value is -1.80. The van der Waals surface area contributed by atoms with Gasteiger partial charge in [-0.2, -0.15) is 0 Å². The predicted molar refractivity (Wildman–Crippen MR) is 75.5 cm³/mol. The van der Waals surface area contributed by atoms with E-state index in [4.69, 9.17) is 4.74 Å². The Balaban J connectivity index is 2.10. The maximum Gasteiger partial charge on any atom is 0.129 e. The summed E-state index contributed by atoms with van der Waals surface area (Å²) in [5.74, 6) is 0.855. The van der Waals surface area contributed by atoms with Crippen molar-refractivity contribution in [1.29, 1.82) is 0 Å². The van der Waals surface area contributed by atoms with E-state index in [1.54, 1.807) is 0 Å². The van der Waals surface area contributed by atoms with Gasteiger partial charge in [0.15, 0.2) is 0 Å². The molecule has 0 saturated heterocycles. The van der Waals surface area contributed by atoms with Crippen LogP contribution in [-0.2, 0) is 12.0 Å². The molecule has 19 heavy (non-hydrogen) atoms. The summed E-state index contributed by atoms with van der Waals surface area (Å²) in [6.45, 7) is 4.58. The maximum absolute atomic E-state index is 10.9. The molecule has 2 aromatic rings. The molecule has 2 heteroatoms. The van der Waals surface area contributed by atoms with Crippen molar-refractivity contribution >= 4 is 0 Å². The lowest BCUT2D eigenvalue weighted by atomic mass is 9.86. The number of fused-ring (bicyclic) bond motifs is 1. The van der Waals surface area contributed by atoms with E-state index in [2.05, 4.69) is 6.07 Å². The second-order valence-corrected chi connectivity index (χ2v) is 5.33.